The Labute approximate surface area is 157 Å². The molecule has 0 unspecified atom stereocenters. The number of carbonyl (C=O) groups excluding carboxylic acids is 1. The predicted octanol–water partition coefficient (Wildman–Crippen LogP) is 3.12. The Hall–Kier alpha value is -2.90. The van der Waals surface area contributed by atoms with Crippen LogP contribution in [-0.4, -0.2) is 36.9 Å². The Kier molecular flexibility index (Phi) is 5.04. The summed E-state index contributed by atoms with van der Waals surface area (Å²) in [6, 6.07) is 2.06. The van der Waals surface area contributed by atoms with Gasteiger partial charge in [0.05, 0.1) is 18.5 Å². The highest BCUT2D eigenvalue weighted by atomic mass is 16.5. The van der Waals surface area contributed by atoms with Gasteiger partial charge in [-0.1, -0.05) is 12.8 Å². The minimum absolute atomic E-state index is 0.0830. The first-order valence-corrected chi connectivity index (χ1v) is 9.48. The fraction of sp³-hybridized carbons (Fsp3) is 0.474. The molecule has 27 heavy (non-hydrogen) atoms. The molecule has 0 aliphatic heterocycles. The summed E-state index contributed by atoms with van der Waals surface area (Å²) in [4.78, 5) is 20.6. The van der Waals surface area contributed by atoms with E-state index >= 15 is 0 Å². The van der Waals surface area contributed by atoms with E-state index in [-0.39, 0.29) is 12.5 Å². The number of fused-ring (bicyclic) bond motifs is 1. The number of nitrogens with zero attached hydrogens (tertiary/aromatic N) is 5. The second-order valence-electron chi connectivity index (χ2n) is 6.95. The van der Waals surface area contributed by atoms with Gasteiger partial charge in [0.25, 0.3) is 0 Å². The molecule has 1 aliphatic carbocycles. The maximum atomic E-state index is 11.5. The van der Waals surface area contributed by atoms with Gasteiger partial charge < -0.3 is 14.6 Å². The molecule has 3 heterocycles. The number of rotatable bonds is 7. The van der Waals surface area contributed by atoms with Crippen molar-refractivity contribution in [3.05, 3.63) is 30.9 Å². The molecule has 1 aliphatic rings. The molecular formula is C19H24N6O2. The number of carbonyl (C=O) groups is 1. The Morgan fingerprint density at radius 1 is 1.33 bits per heavy atom. The molecule has 3 aromatic heterocycles. The number of nitrogens with one attached hydrogen (secondary N) is 1. The van der Waals surface area contributed by atoms with Gasteiger partial charge in [0, 0.05) is 30.5 Å². The molecule has 0 radical (unpaired) electrons. The van der Waals surface area contributed by atoms with Gasteiger partial charge in [-0.2, -0.15) is 10.1 Å². The first kappa shape index (κ1) is 17.5. The van der Waals surface area contributed by atoms with E-state index in [1.165, 1.54) is 30.4 Å². The number of anilines is 2. The van der Waals surface area contributed by atoms with Crippen molar-refractivity contribution in [1.82, 2.24) is 24.3 Å². The van der Waals surface area contributed by atoms with Crippen molar-refractivity contribution in [3.63, 3.8) is 0 Å². The Bertz CT molecular complexity index is 925. The number of hydrogen-bond acceptors (Lipinski definition) is 6. The third-order valence-electron chi connectivity index (χ3n) is 4.92. The van der Waals surface area contributed by atoms with Crippen LogP contribution >= 0.6 is 0 Å². The van der Waals surface area contributed by atoms with Crippen LogP contribution in [-0.2, 0) is 22.6 Å². The van der Waals surface area contributed by atoms with Crippen LogP contribution in [0.15, 0.2) is 30.9 Å². The van der Waals surface area contributed by atoms with Crippen LogP contribution in [0.2, 0.25) is 0 Å². The lowest BCUT2D eigenvalue weighted by molar-refractivity contribution is -0.144. The molecule has 142 valence electrons. The largest absolute Gasteiger partial charge is 0.465 e. The van der Waals surface area contributed by atoms with Crippen molar-refractivity contribution in [2.45, 2.75) is 45.7 Å². The van der Waals surface area contributed by atoms with Gasteiger partial charge in [-0.05, 0) is 31.7 Å². The minimum Gasteiger partial charge on any atom is -0.465 e. The summed E-state index contributed by atoms with van der Waals surface area (Å²) in [5.41, 5.74) is 1.67. The molecule has 8 heteroatoms. The molecule has 1 saturated carbocycles. The monoisotopic (exact) mass is 368 g/mol. The van der Waals surface area contributed by atoms with Gasteiger partial charge in [-0.3, -0.25) is 9.48 Å². The SMILES string of the molecule is CCOC(=O)Cn1cc(Nc2ncc3ccn(CC4CCCC4)c3n2)cn1. The van der Waals surface area contributed by atoms with Crippen LogP contribution in [0.5, 0.6) is 0 Å². The van der Waals surface area contributed by atoms with Crippen molar-refractivity contribution >= 4 is 28.6 Å². The first-order chi connectivity index (χ1) is 13.2. The Morgan fingerprint density at radius 3 is 3.00 bits per heavy atom. The summed E-state index contributed by atoms with van der Waals surface area (Å²) in [6.07, 6.45) is 12.6. The summed E-state index contributed by atoms with van der Waals surface area (Å²) in [7, 11) is 0. The van der Waals surface area contributed by atoms with Crippen LogP contribution in [0.25, 0.3) is 11.0 Å². The van der Waals surface area contributed by atoms with Crippen LogP contribution in [0.4, 0.5) is 11.6 Å². The summed E-state index contributed by atoms with van der Waals surface area (Å²) in [5.74, 6) is 0.951. The zero-order valence-electron chi connectivity index (χ0n) is 15.5. The average Bonchev–Trinajstić information content (AvgIpc) is 3.39. The Balaban J connectivity index is 1.47. The minimum atomic E-state index is -0.311. The van der Waals surface area contributed by atoms with E-state index in [9.17, 15) is 4.79 Å². The van der Waals surface area contributed by atoms with E-state index in [0.717, 1.165) is 29.2 Å². The van der Waals surface area contributed by atoms with E-state index in [0.29, 0.717) is 12.6 Å². The zero-order valence-corrected chi connectivity index (χ0v) is 15.5. The van der Waals surface area contributed by atoms with Gasteiger partial charge in [-0.25, -0.2) is 4.98 Å². The molecule has 0 spiro atoms. The lowest BCUT2D eigenvalue weighted by Gasteiger charge is -2.11. The van der Waals surface area contributed by atoms with E-state index in [4.69, 9.17) is 4.74 Å². The molecule has 0 aromatic carbocycles. The molecule has 0 amide bonds. The molecule has 0 bridgehead atoms. The quantitative estimate of drug-likeness (QED) is 0.645. The van der Waals surface area contributed by atoms with Crippen molar-refractivity contribution in [3.8, 4) is 0 Å². The number of ether oxygens (including phenoxy) is 1. The summed E-state index contributed by atoms with van der Waals surface area (Å²) in [6.45, 7) is 3.24. The fourth-order valence-corrected chi connectivity index (χ4v) is 3.63. The molecule has 4 rings (SSSR count). The lowest BCUT2D eigenvalue weighted by atomic mass is 10.1. The lowest BCUT2D eigenvalue weighted by Crippen LogP contribution is -2.13. The maximum Gasteiger partial charge on any atom is 0.327 e. The van der Waals surface area contributed by atoms with Gasteiger partial charge >= 0.3 is 5.97 Å². The summed E-state index contributed by atoms with van der Waals surface area (Å²) < 4.78 is 8.69. The van der Waals surface area contributed by atoms with Crippen molar-refractivity contribution in [2.75, 3.05) is 11.9 Å². The average molecular weight is 368 g/mol. The fourth-order valence-electron chi connectivity index (χ4n) is 3.63. The van der Waals surface area contributed by atoms with Crippen LogP contribution in [0, 0.1) is 5.92 Å². The third kappa shape index (κ3) is 4.10. The van der Waals surface area contributed by atoms with Crippen molar-refractivity contribution in [1.29, 1.82) is 0 Å². The second-order valence-corrected chi connectivity index (χ2v) is 6.95. The van der Waals surface area contributed by atoms with Crippen molar-refractivity contribution in [2.24, 2.45) is 5.92 Å². The van der Waals surface area contributed by atoms with Gasteiger partial charge in [-0.15, -0.1) is 0 Å². The molecular weight excluding hydrogens is 344 g/mol. The molecule has 0 atom stereocenters. The van der Waals surface area contributed by atoms with Crippen LogP contribution in [0.3, 0.4) is 0 Å². The van der Waals surface area contributed by atoms with Crippen LogP contribution < -0.4 is 5.32 Å². The summed E-state index contributed by atoms with van der Waals surface area (Å²) in [5, 5.41) is 8.37. The number of hydrogen-bond donors (Lipinski definition) is 1. The highest BCUT2D eigenvalue weighted by Gasteiger charge is 2.17. The highest BCUT2D eigenvalue weighted by Crippen LogP contribution is 2.27. The zero-order chi connectivity index (χ0) is 18.6. The predicted molar refractivity (Wildman–Crippen MR) is 102 cm³/mol. The second kappa shape index (κ2) is 7.77. The van der Waals surface area contributed by atoms with Gasteiger partial charge in [0.1, 0.15) is 12.2 Å². The Morgan fingerprint density at radius 2 is 2.19 bits per heavy atom. The molecule has 3 aromatic rings. The summed E-state index contributed by atoms with van der Waals surface area (Å²) >= 11 is 0. The third-order valence-corrected chi connectivity index (χ3v) is 4.92. The highest BCUT2D eigenvalue weighted by molar-refractivity contribution is 5.76. The van der Waals surface area contributed by atoms with E-state index in [1.807, 2.05) is 6.20 Å². The van der Waals surface area contributed by atoms with Gasteiger partial charge in [0.15, 0.2) is 0 Å². The van der Waals surface area contributed by atoms with Gasteiger partial charge in [0.2, 0.25) is 5.95 Å². The standard InChI is InChI=1S/C19H24N6O2/c1-2-27-17(26)13-25-12-16(10-21-25)22-19-20-9-15-7-8-24(18(15)23-19)11-14-5-3-4-6-14/h7-10,12,14H,2-6,11,13H2,1H3,(H,20,22,23). The first-order valence-electron chi connectivity index (χ1n) is 9.48. The number of esters is 1. The van der Waals surface area contributed by atoms with E-state index < -0.39 is 0 Å². The smallest absolute Gasteiger partial charge is 0.327 e. The van der Waals surface area contributed by atoms with E-state index in [1.54, 1.807) is 19.3 Å². The normalized spacial score (nSPS) is 14.7. The maximum absolute atomic E-state index is 11.5. The molecule has 1 N–H and O–H groups in total. The molecule has 1 fully saturated rings. The topological polar surface area (TPSA) is 86.9 Å². The molecule has 0 saturated heterocycles. The van der Waals surface area contributed by atoms with Crippen molar-refractivity contribution < 1.29 is 9.53 Å². The molecule has 8 nitrogen and oxygen atoms in total. The van der Waals surface area contributed by atoms with E-state index in [2.05, 4.69) is 37.2 Å². The van der Waals surface area contributed by atoms with Crippen LogP contribution in [0.1, 0.15) is 32.6 Å². The number of aromatic nitrogens is 5.